The summed E-state index contributed by atoms with van der Waals surface area (Å²) in [5.74, 6) is 0.630. The standard InChI is InChI=1S/C15H17ClN4/c1-15(2)5-11(17)10-8-19-14(20-13(10)6-15)12-4-3-9(16)7-18-12/h3-4,7-8,11H,5-6,17H2,1-2H3. The molecule has 1 unspecified atom stereocenters. The van der Waals surface area contributed by atoms with Gasteiger partial charge in [0, 0.05) is 29.7 Å². The second-order valence-electron chi connectivity index (χ2n) is 6.11. The highest BCUT2D eigenvalue weighted by molar-refractivity contribution is 6.30. The fraction of sp³-hybridized carbons (Fsp3) is 0.400. The molecule has 0 spiro atoms. The average molecular weight is 289 g/mol. The van der Waals surface area contributed by atoms with Crippen molar-refractivity contribution in [2.75, 3.05) is 0 Å². The molecule has 2 N–H and O–H groups in total. The third kappa shape index (κ3) is 2.53. The Balaban J connectivity index is 2.02. The largest absolute Gasteiger partial charge is 0.324 e. The first-order valence-electron chi connectivity index (χ1n) is 6.68. The topological polar surface area (TPSA) is 64.7 Å². The van der Waals surface area contributed by atoms with Crippen LogP contribution < -0.4 is 5.73 Å². The number of rotatable bonds is 1. The molecule has 20 heavy (non-hydrogen) atoms. The summed E-state index contributed by atoms with van der Waals surface area (Å²) in [7, 11) is 0. The maximum absolute atomic E-state index is 6.22. The van der Waals surface area contributed by atoms with Gasteiger partial charge in [-0.05, 0) is 30.4 Å². The van der Waals surface area contributed by atoms with Crippen LogP contribution >= 0.6 is 11.6 Å². The summed E-state index contributed by atoms with van der Waals surface area (Å²) >= 11 is 5.85. The zero-order valence-electron chi connectivity index (χ0n) is 11.6. The molecule has 2 heterocycles. The van der Waals surface area contributed by atoms with Crippen molar-refractivity contribution in [1.82, 2.24) is 15.0 Å². The molecule has 1 aliphatic carbocycles. The van der Waals surface area contributed by atoms with E-state index in [9.17, 15) is 0 Å². The molecule has 0 radical (unpaired) electrons. The van der Waals surface area contributed by atoms with Crippen LogP contribution in [-0.2, 0) is 6.42 Å². The lowest BCUT2D eigenvalue weighted by Crippen LogP contribution is -2.30. The van der Waals surface area contributed by atoms with Crippen molar-refractivity contribution in [1.29, 1.82) is 0 Å². The van der Waals surface area contributed by atoms with Gasteiger partial charge in [-0.15, -0.1) is 0 Å². The Morgan fingerprint density at radius 1 is 1.25 bits per heavy atom. The number of aromatic nitrogens is 3. The monoisotopic (exact) mass is 288 g/mol. The van der Waals surface area contributed by atoms with Gasteiger partial charge in [0.1, 0.15) is 5.69 Å². The number of fused-ring (bicyclic) bond motifs is 1. The van der Waals surface area contributed by atoms with Crippen molar-refractivity contribution < 1.29 is 0 Å². The maximum Gasteiger partial charge on any atom is 0.178 e. The lowest BCUT2D eigenvalue weighted by molar-refractivity contribution is 0.278. The molecule has 2 aromatic heterocycles. The van der Waals surface area contributed by atoms with Crippen LogP contribution in [0.4, 0.5) is 0 Å². The summed E-state index contributed by atoms with van der Waals surface area (Å²) in [4.78, 5) is 13.3. The number of pyridine rings is 1. The molecule has 0 aliphatic heterocycles. The highest BCUT2D eigenvalue weighted by Crippen LogP contribution is 2.38. The molecular formula is C15H17ClN4. The lowest BCUT2D eigenvalue weighted by atomic mass is 9.74. The molecule has 0 fully saturated rings. The fourth-order valence-corrected chi connectivity index (χ4v) is 2.85. The first-order valence-corrected chi connectivity index (χ1v) is 7.06. The Morgan fingerprint density at radius 3 is 2.75 bits per heavy atom. The normalized spacial score (nSPS) is 20.5. The fourth-order valence-electron chi connectivity index (χ4n) is 2.74. The summed E-state index contributed by atoms with van der Waals surface area (Å²) < 4.78 is 0. The number of halogens is 1. The molecule has 104 valence electrons. The summed E-state index contributed by atoms with van der Waals surface area (Å²) in [5.41, 5.74) is 9.22. The second-order valence-corrected chi connectivity index (χ2v) is 6.55. The lowest BCUT2D eigenvalue weighted by Gasteiger charge is -2.34. The van der Waals surface area contributed by atoms with Crippen LogP contribution in [0.5, 0.6) is 0 Å². The highest BCUT2D eigenvalue weighted by Gasteiger charge is 2.31. The first-order chi connectivity index (χ1) is 9.44. The van der Waals surface area contributed by atoms with Gasteiger partial charge in [-0.3, -0.25) is 4.98 Å². The van der Waals surface area contributed by atoms with Crippen LogP contribution in [0, 0.1) is 5.41 Å². The van der Waals surface area contributed by atoms with Gasteiger partial charge in [0.25, 0.3) is 0 Å². The van der Waals surface area contributed by atoms with E-state index in [-0.39, 0.29) is 11.5 Å². The van der Waals surface area contributed by atoms with E-state index in [0.717, 1.165) is 29.8 Å². The van der Waals surface area contributed by atoms with Crippen LogP contribution in [-0.4, -0.2) is 15.0 Å². The second kappa shape index (κ2) is 4.79. The molecule has 2 aromatic rings. The third-order valence-corrected chi connectivity index (χ3v) is 3.90. The van der Waals surface area contributed by atoms with E-state index in [1.807, 2.05) is 12.3 Å². The average Bonchev–Trinajstić information content (AvgIpc) is 2.37. The minimum Gasteiger partial charge on any atom is -0.324 e. The van der Waals surface area contributed by atoms with E-state index in [1.165, 1.54) is 0 Å². The molecular weight excluding hydrogens is 272 g/mol. The van der Waals surface area contributed by atoms with Crippen molar-refractivity contribution in [2.24, 2.45) is 11.1 Å². The van der Waals surface area contributed by atoms with Crippen LogP contribution in [0.1, 0.15) is 37.6 Å². The molecule has 5 heteroatoms. The van der Waals surface area contributed by atoms with Gasteiger partial charge < -0.3 is 5.73 Å². The van der Waals surface area contributed by atoms with E-state index in [2.05, 4.69) is 28.8 Å². The smallest absolute Gasteiger partial charge is 0.178 e. The molecule has 0 bridgehead atoms. The Bertz CT molecular complexity index is 637. The molecule has 0 aromatic carbocycles. The Kier molecular flexibility index (Phi) is 3.22. The molecule has 0 saturated carbocycles. The van der Waals surface area contributed by atoms with E-state index < -0.39 is 0 Å². The first kappa shape index (κ1) is 13.5. The molecule has 1 atom stereocenters. The number of nitrogens with zero attached hydrogens (tertiary/aromatic N) is 3. The Morgan fingerprint density at radius 2 is 2.05 bits per heavy atom. The molecule has 0 amide bonds. The molecule has 3 rings (SSSR count). The summed E-state index contributed by atoms with van der Waals surface area (Å²) in [6.07, 6.45) is 5.32. The van der Waals surface area contributed by atoms with Crippen molar-refractivity contribution in [3.05, 3.63) is 40.8 Å². The summed E-state index contributed by atoms with van der Waals surface area (Å²) in [6.45, 7) is 4.44. The van der Waals surface area contributed by atoms with Crippen LogP contribution in [0.2, 0.25) is 5.02 Å². The van der Waals surface area contributed by atoms with Gasteiger partial charge in [-0.1, -0.05) is 25.4 Å². The zero-order chi connectivity index (χ0) is 14.3. The minimum absolute atomic E-state index is 0.0148. The van der Waals surface area contributed by atoms with Crippen molar-refractivity contribution in [3.8, 4) is 11.5 Å². The van der Waals surface area contributed by atoms with E-state index >= 15 is 0 Å². The number of hydrogen-bond acceptors (Lipinski definition) is 4. The van der Waals surface area contributed by atoms with Crippen LogP contribution in [0.25, 0.3) is 11.5 Å². The van der Waals surface area contributed by atoms with Gasteiger partial charge >= 0.3 is 0 Å². The highest BCUT2D eigenvalue weighted by atomic mass is 35.5. The number of nitrogens with two attached hydrogens (primary N) is 1. The maximum atomic E-state index is 6.22. The van der Waals surface area contributed by atoms with E-state index in [4.69, 9.17) is 17.3 Å². The van der Waals surface area contributed by atoms with Crippen molar-refractivity contribution >= 4 is 11.6 Å². The summed E-state index contributed by atoms with van der Waals surface area (Å²) in [6, 6.07) is 3.64. The Labute approximate surface area is 123 Å². The third-order valence-electron chi connectivity index (χ3n) is 3.67. The van der Waals surface area contributed by atoms with Crippen molar-refractivity contribution in [2.45, 2.75) is 32.7 Å². The van der Waals surface area contributed by atoms with Crippen LogP contribution in [0.3, 0.4) is 0 Å². The molecule has 0 saturated heterocycles. The molecule has 1 aliphatic rings. The van der Waals surface area contributed by atoms with Gasteiger partial charge in [-0.2, -0.15) is 0 Å². The van der Waals surface area contributed by atoms with Gasteiger partial charge in [0.2, 0.25) is 0 Å². The number of hydrogen-bond donors (Lipinski definition) is 1. The van der Waals surface area contributed by atoms with Gasteiger partial charge in [0.15, 0.2) is 5.82 Å². The molecule has 4 nitrogen and oxygen atoms in total. The van der Waals surface area contributed by atoms with Crippen molar-refractivity contribution in [3.63, 3.8) is 0 Å². The SMILES string of the molecule is CC1(C)Cc2nc(-c3ccc(Cl)cn3)ncc2C(N)C1. The predicted octanol–water partition coefficient (Wildman–Crippen LogP) is 3.16. The minimum atomic E-state index is 0.0148. The van der Waals surface area contributed by atoms with E-state index in [1.54, 1.807) is 12.3 Å². The van der Waals surface area contributed by atoms with Gasteiger partial charge in [-0.25, -0.2) is 9.97 Å². The Hall–Kier alpha value is -1.52. The quantitative estimate of drug-likeness (QED) is 0.875. The summed E-state index contributed by atoms with van der Waals surface area (Å²) in [5, 5.41) is 0.606. The van der Waals surface area contributed by atoms with Crippen LogP contribution in [0.15, 0.2) is 24.5 Å². The zero-order valence-corrected chi connectivity index (χ0v) is 12.4. The van der Waals surface area contributed by atoms with E-state index in [0.29, 0.717) is 10.8 Å². The predicted molar refractivity (Wildman–Crippen MR) is 79.3 cm³/mol. The van der Waals surface area contributed by atoms with Gasteiger partial charge in [0.05, 0.1) is 5.02 Å².